The van der Waals surface area contributed by atoms with Gasteiger partial charge in [0.2, 0.25) is 0 Å². The Hall–Kier alpha value is -1.02. The SMILES string of the molecule is CCC(C)C(N)COc1cc(C)ccc1C(C)C. The Labute approximate surface area is 112 Å². The van der Waals surface area contributed by atoms with Gasteiger partial charge < -0.3 is 10.5 Å². The summed E-state index contributed by atoms with van der Waals surface area (Å²) in [6, 6.07) is 6.51. The lowest BCUT2D eigenvalue weighted by Crippen LogP contribution is -2.34. The summed E-state index contributed by atoms with van der Waals surface area (Å²) < 4.78 is 5.94. The molecule has 0 aliphatic carbocycles. The van der Waals surface area contributed by atoms with Crippen LogP contribution in [-0.2, 0) is 0 Å². The Morgan fingerprint density at radius 1 is 1.22 bits per heavy atom. The number of aryl methyl sites for hydroxylation is 1. The van der Waals surface area contributed by atoms with Crippen molar-refractivity contribution in [3.63, 3.8) is 0 Å². The summed E-state index contributed by atoms with van der Waals surface area (Å²) in [5.74, 6) is 1.96. The number of rotatable bonds is 6. The summed E-state index contributed by atoms with van der Waals surface area (Å²) in [7, 11) is 0. The van der Waals surface area contributed by atoms with Crippen LogP contribution in [0.2, 0.25) is 0 Å². The van der Waals surface area contributed by atoms with Crippen LogP contribution in [-0.4, -0.2) is 12.6 Å². The van der Waals surface area contributed by atoms with Gasteiger partial charge in [-0.25, -0.2) is 0 Å². The monoisotopic (exact) mass is 249 g/mol. The minimum Gasteiger partial charge on any atom is -0.492 e. The van der Waals surface area contributed by atoms with Gasteiger partial charge in [-0.1, -0.05) is 46.2 Å². The molecule has 0 amide bonds. The van der Waals surface area contributed by atoms with Crippen LogP contribution in [0.25, 0.3) is 0 Å². The van der Waals surface area contributed by atoms with Gasteiger partial charge in [-0.05, 0) is 36.0 Å². The molecule has 2 nitrogen and oxygen atoms in total. The topological polar surface area (TPSA) is 35.2 Å². The van der Waals surface area contributed by atoms with E-state index in [9.17, 15) is 0 Å². The number of nitrogens with two attached hydrogens (primary N) is 1. The lowest BCUT2D eigenvalue weighted by atomic mass is 9.99. The van der Waals surface area contributed by atoms with Crippen molar-refractivity contribution in [1.29, 1.82) is 0 Å². The summed E-state index contributed by atoms with van der Waals surface area (Å²) >= 11 is 0. The molecule has 0 radical (unpaired) electrons. The molecule has 0 saturated carbocycles. The second kappa shape index (κ2) is 6.79. The predicted molar refractivity (Wildman–Crippen MR) is 78.2 cm³/mol. The van der Waals surface area contributed by atoms with Gasteiger partial charge in [-0.2, -0.15) is 0 Å². The standard InChI is InChI=1S/C16H27NO/c1-6-13(5)15(17)10-18-16-9-12(4)7-8-14(16)11(2)3/h7-9,11,13,15H,6,10,17H2,1-5H3. The van der Waals surface area contributed by atoms with Crippen LogP contribution in [0.3, 0.4) is 0 Å². The Bertz CT molecular complexity index is 373. The van der Waals surface area contributed by atoms with E-state index in [4.69, 9.17) is 10.5 Å². The van der Waals surface area contributed by atoms with Crippen molar-refractivity contribution >= 4 is 0 Å². The summed E-state index contributed by atoms with van der Waals surface area (Å²) in [6.45, 7) is 11.4. The zero-order valence-electron chi connectivity index (χ0n) is 12.4. The van der Waals surface area contributed by atoms with Crippen molar-refractivity contribution in [3.05, 3.63) is 29.3 Å². The molecular formula is C16H27NO. The number of benzene rings is 1. The molecule has 0 aromatic heterocycles. The van der Waals surface area contributed by atoms with Crippen molar-refractivity contribution in [2.75, 3.05) is 6.61 Å². The molecule has 0 aliphatic rings. The summed E-state index contributed by atoms with van der Waals surface area (Å²) in [5, 5.41) is 0. The van der Waals surface area contributed by atoms with Gasteiger partial charge >= 0.3 is 0 Å². The Morgan fingerprint density at radius 2 is 1.89 bits per heavy atom. The average Bonchev–Trinajstić information content (AvgIpc) is 2.34. The highest BCUT2D eigenvalue weighted by molar-refractivity contribution is 5.39. The van der Waals surface area contributed by atoms with Crippen LogP contribution in [0.15, 0.2) is 18.2 Å². The average molecular weight is 249 g/mol. The van der Waals surface area contributed by atoms with E-state index >= 15 is 0 Å². The van der Waals surface area contributed by atoms with E-state index in [0.29, 0.717) is 18.4 Å². The fourth-order valence-electron chi connectivity index (χ4n) is 1.90. The lowest BCUT2D eigenvalue weighted by Gasteiger charge is -2.21. The molecule has 1 aromatic rings. The Morgan fingerprint density at radius 3 is 2.44 bits per heavy atom. The molecule has 102 valence electrons. The molecule has 0 spiro atoms. The normalized spacial score (nSPS) is 14.6. The Balaban J connectivity index is 2.74. The van der Waals surface area contributed by atoms with Gasteiger partial charge in [0, 0.05) is 6.04 Å². The van der Waals surface area contributed by atoms with Crippen molar-refractivity contribution in [3.8, 4) is 5.75 Å². The second-order valence-corrected chi connectivity index (χ2v) is 5.56. The zero-order chi connectivity index (χ0) is 13.7. The molecule has 2 heteroatoms. The molecule has 1 rings (SSSR count). The van der Waals surface area contributed by atoms with Crippen LogP contribution < -0.4 is 10.5 Å². The maximum Gasteiger partial charge on any atom is 0.123 e. The maximum atomic E-state index is 6.11. The Kier molecular flexibility index (Phi) is 5.67. The largest absolute Gasteiger partial charge is 0.492 e. The van der Waals surface area contributed by atoms with Gasteiger partial charge in [0.25, 0.3) is 0 Å². The smallest absolute Gasteiger partial charge is 0.123 e. The maximum absolute atomic E-state index is 6.11. The first kappa shape index (κ1) is 15.0. The van der Waals surface area contributed by atoms with Crippen LogP contribution in [0, 0.1) is 12.8 Å². The van der Waals surface area contributed by atoms with Crippen LogP contribution in [0.1, 0.15) is 51.2 Å². The molecule has 18 heavy (non-hydrogen) atoms. The number of hydrogen-bond acceptors (Lipinski definition) is 2. The van der Waals surface area contributed by atoms with Crippen LogP contribution in [0.4, 0.5) is 0 Å². The molecule has 2 N–H and O–H groups in total. The quantitative estimate of drug-likeness (QED) is 0.830. The minimum absolute atomic E-state index is 0.107. The third-order valence-corrected chi connectivity index (χ3v) is 3.60. The third-order valence-electron chi connectivity index (χ3n) is 3.60. The van der Waals surface area contributed by atoms with Gasteiger partial charge in [0.1, 0.15) is 12.4 Å². The molecular weight excluding hydrogens is 222 g/mol. The van der Waals surface area contributed by atoms with E-state index < -0.39 is 0 Å². The molecule has 0 fully saturated rings. The van der Waals surface area contributed by atoms with Gasteiger partial charge in [0.05, 0.1) is 0 Å². The van der Waals surface area contributed by atoms with Gasteiger partial charge in [-0.3, -0.25) is 0 Å². The van der Waals surface area contributed by atoms with Crippen molar-refractivity contribution < 1.29 is 4.74 Å². The molecule has 0 bridgehead atoms. The van der Waals surface area contributed by atoms with E-state index in [1.54, 1.807) is 0 Å². The molecule has 0 aliphatic heterocycles. The fourth-order valence-corrected chi connectivity index (χ4v) is 1.90. The summed E-state index contributed by atoms with van der Waals surface area (Å²) in [5.41, 5.74) is 8.60. The number of hydrogen-bond donors (Lipinski definition) is 1. The molecule has 2 unspecified atom stereocenters. The van der Waals surface area contributed by atoms with Crippen LogP contribution >= 0.6 is 0 Å². The predicted octanol–water partition coefficient (Wildman–Crippen LogP) is 3.87. The first-order chi connectivity index (χ1) is 8.45. The highest BCUT2D eigenvalue weighted by atomic mass is 16.5. The van der Waals surface area contributed by atoms with Gasteiger partial charge in [-0.15, -0.1) is 0 Å². The first-order valence-electron chi connectivity index (χ1n) is 6.94. The van der Waals surface area contributed by atoms with Crippen molar-refractivity contribution in [2.45, 2.75) is 53.0 Å². The van der Waals surface area contributed by atoms with E-state index in [1.165, 1.54) is 11.1 Å². The summed E-state index contributed by atoms with van der Waals surface area (Å²) in [6.07, 6.45) is 1.09. The molecule has 1 aromatic carbocycles. The van der Waals surface area contributed by atoms with E-state index in [1.807, 2.05) is 0 Å². The van der Waals surface area contributed by atoms with Gasteiger partial charge in [0.15, 0.2) is 0 Å². The lowest BCUT2D eigenvalue weighted by molar-refractivity contribution is 0.247. The minimum atomic E-state index is 0.107. The van der Waals surface area contributed by atoms with Crippen molar-refractivity contribution in [2.24, 2.45) is 11.7 Å². The highest BCUT2D eigenvalue weighted by Crippen LogP contribution is 2.27. The second-order valence-electron chi connectivity index (χ2n) is 5.56. The molecule has 2 atom stereocenters. The first-order valence-corrected chi connectivity index (χ1v) is 6.94. The zero-order valence-corrected chi connectivity index (χ0v) is 12.4. The third kappa shape index (κ3) is 4.02. The summed E-state index contributed by atoms with van der Waals surface area (Å²) in [4.78, 5) is 0. The van der Waals surface area contributed by atoms with E-state index in [-0.39, 0.29) is 6.04 Å². The van der Waals surface area contributed by atoms with Crippen molar-refractivity contribution in [1.82, 2.24) is 0 Å². The number of ether oxygens (including phenoxy) is 1. The van der Waals surface area contributed by atoms with Crippen LogP contribution in [0.5, 0.6) is 5.75 Å². The molecule has 0 saturated heterocycles. The highest BCUT2D eigenvalue weighted by Gasteiger charge is 2.13. The van der Waals surface area contributed by atoms with E-state index in [0.717, 1.165) is 12.2 Å². The van der Waals surface area contributed by atoms with E-state index in [2.05, 4.69) is 52.8 Å². The fraction of sp³-hybridized carbons (Fsp3) is 0.625. The molecule has 0 heterocycles.